The average Bonchev–Trinajstić information content (AvgIpc) is 2.53. The van der Waals surface area contributed by atoms with E-state index in [1.807, 2.05) is 6.92 Å². The highest BCUT2D eigenvalue weighted by Crippen LogP contribution is 2.24. The molecule has 1 aromatic rings. The summed E-state index contributed by atoms with van der Waals surface area (Å²) in [7, 11) is -3.65. The highest BCUT2D eigenvalue weighted by Gasteiger charge is 2.32. The molecule has 2 heterocycles. The normalized spacial score (nSPS) is 20.4. The lowest BCUT2D eigenvalue weighted by atomic mass is 10.3. The Hall–Kier alpha value is -1.22. The zero-order valence-corrected chi connectivity index (χ0v) is 12.8. The highest BCUT2D eigenvalue weighted by molar-refractivity contribution is 7.89. The maximum atomic E-state index is 12.7. The molecule has 1 fully saturated rings. The number of aliphatic hydroxyl groups excluding tert-OH is 1. The van der Waals surface area contributed by atoms with Gasteiger partial charge >= 0.3 is 0 Å². The molecule has 118 valence electrons. The standard InChI is InChI=1S/C13H21N3O4S/c1-2-5-14-13-12(4-3-6-15-13)21(18,19)16-7-8-20-11(9-16)10-17/h3-4,6,11,17H,2,5,7-10H2,1H3,(H,14,15). The number of rotatable bonds is 6. The van der Waals surface area contributed by atoms with Gasteiger partial charge in [0.2, 0.25) is 10.0 Å². The number of aromatic nitrogens is 1. The van der Waals surface area contributed by atoms with E-state index in [9.17, 15) is 8.42 Å². The molecule has 0 spiro atoms. The molecular weight excluding hydrogens is 294 g/mol. The van der Waals surface area contributed by atoms with Crippen LogP contribution in [0.1, 0.15) is 13.3 Å². The Bertz CT molecular complexity index is 564. The number of hydrogen-bond donors (Lipinski definition) is 2. The van der Waals surface area contributed by atoms with Gasteiger partial charge in [-0.15, -0.1) is 0 Å². The first-order chi connectivity index (χ1) is 10.1. The lowest BCUT2D eigenvalue weighted by molar-refractivity contribution is -0.0304. The van der Waals surface area contributed by atoms with Gasteiger partial charge in [-0.3, -0.25) is 0 Å². The van der Waals surface area contributed by atoms with Gasteiger partial charge in [0, 0.05) is 25.8 Å². The molecule has 1 aliphatic rings. The van der Waals surface area contributed by atoms with E-state index in [2.05, 4.69) is 10.3 Å². The lowest BCUT2D eigenvalue weighted by Gasteiger charge is -2.31. The number of nitrogens with zero attached hydrogens (tertiary/aromatic N) is 2. The lowest BCUT2D eigenvalue weighted by Crippen LogP contribution is -2.46. The van der Waals surface area contributed by atoms with Gasteiger partial charge in [-0.25, -0.2) is 13.4 Å². The SMILES string of the molecule is CCCNc1ncccc1S(=O)(=O)N1CCOC(CO)C1. The Morgan fingerprint density at radius 2 is 2.38 bits per heavy atom. The molecule has 8 heteroatoms. The van der Waals surface area contributed by atoms with Crippen molar-refractivity contribution in [3.63, 3.8) is 0 Å². The van der Waals surface area contributed by atoms with Crippen molar-refractivity contribution < 1.29 is 18.3 Å². The Kier molecular flexibility index (Phi) is 5.51. The Balaban J connectivity index is 2.26. The number of sulfonamides is 1. The van der Waals surface area contributed by atoms with Gasteiger partial charge in [0.25, 0.3) is 0 Å². The Labute approximate surface area is 125 Å². The topological polar surface area (TPSA) is 91.8 Å². The minimum Gasteiger partial charge on any atom is -0.394 e. The van der Waals surface area contributed by atoms with Crippen LogP contribution in [0.15, 0.2) is 23.2 Å². The summed E-state index contributed by atoms with van der Waals surface area (Å²) in [4.78, 5) is 4.28. The zero-order chi connectivity index (χ0) is 15.3. The van der Waals surface area contributed by atoms with Crippen LogP contribution in [-0.4, -0.2) is 61.8 Å². The molecular formula is C13H21N3O4S. The molecule has 0 aromatic carbocycles. The van der Waals surface area contributed by atoms with Gasteiger partial charge in [0.05, 0.1) is 19.3 Å². The van der Waals surface area contributed by atoms with Crippen LogP contribution >= 0.6 is 0 Å². The number of pyridine rings is 1. The van der Waals surface area contributed by atoms with Gasteiger partial charge in [-0.1, -0.05) is 6.92 Å². The molecule has 1 unspecified atom stereocenters. The second-order valence-electron chi connectivity index (χ2n) is 4.82. The van der Waals surface area contributed by atoms with E-state index in [0.29, 0.717) is 12.4 Å². The molecule has 21 heavy (non-hydrogen) atoms. The van der Waals surface area contributed by atoms with E-state index < -0.39 is 16.1 Å². The molecule has 0 amide bonds. The van der Waals surface area contributed by atoms with Crippen molar-refractivity contribution in [2.75, 3.05) is 38.2 Å². The molecule has 1 atom stereocenters. The summed E-state index contributed by atoms with van der Waals surface area (Å²) in [5.74, 6) is 0.367. The third kappa shape index (κ3) is 3.70. The van der Waals surface area contributed by atoms with Crippen molar-refractivity contribution in [3.05, 3.63) is 18.3 Å². The number of morpholine rings is 1. The fourth-order valence-corrected chi connectivity index (χ4v) is 3.71. The van der Waals surface area contributed by atoms with Crippen LogP contribution in [0.5, 0.6) is 0 Å². The summed E-state index contributed by atoms with van der Waals surface area (Å²) in [6.07, 6.45) is 1.96. The van der Waals surface area contributed by atoms with Crippen molar-refractivity contribution in [1.82, 2.24) is 9.29 Å². The van der Waals surface area contributed by atoms with Crippen LogP contribution in [-0.2, 0) is 14.8 Å². The number of ether oxygens (including phenoxy) is 1. The molecule has 0 radical (unpaired) electrons. The molecule has 1 saturated heterocycles. The maximum absolute atomic E-state index is 12.7. The summed E-state index contributed by atoms with van der Waals surface area (Å²) in [6.45, 7) is 3.17. The summed E-state index contributed by atoms with van der Waals surface area (Å²) in [5, 5.41) is 12.2. The molecule has 0 saturated carbocycles. The van der Waals surface area contributed by atoms with E-state index in [4.69, 9.17) is 9.84 Å². The number of nitrogens with one attached hydrogen (secondary N) is 1. The fourth-order valence-electron chi connectivity index (χ4n) is 2.14. The van der Waals surface area contributed by atoms with Crippen LogP contribution in [0.2, 0.25) is 0 Å². The molecule has 2 rings (SSSR count). The van der Waals surface area contributed by atoms with E-state index >= 15 is 0 Å². The van der Waals surface area contributed by atoms with Gasteiger partial charge in [-0.05, 0) is 18.6 Å². The van der Waals surface area contributed by atoms with Gasteiger partial charge in [0.15, 0.2) is 0 Å². The molecule has 2 N–H and O–H groups in total. The number of anilines is 1. The monoisotopic (exact) mass is 315 g/mol. The predicted molar refractivity (Wildman–Crippen MR) is 78.6 cm³/mol. The minimum absolute atomic E-state index is 0.154. The minimum atomic E-state index is -3.65. The summed E-state index contributed by atoms with van der Waals surface area (Å²) < 4.78 is 32.1. The molecule has 0 bridgehead atoms. The van der Waals surface area contributed by atoms with Crippen molar-refractivity contribution in [2.45, 2.75) is 24.3 Å². The maximum Gasteiger partial charge on any atom is 0.246 e. The second-order valence-corrected chi connectivity index (χ2v) is 6.72. The molecule has 1 aliphatic heterocycles. The number of aliphatic hydroxyl groups is 1. The van der Waals surface area contributed by atoms with Crippen LogP contribution in [0, 0.1) is 0 Å². The van der Waals surface area contributed by atoms with Gasteiger partial charge in [-0.2, -0.15) is 4.31 Å². The first-order valence-electron chi connectivity index (χ1n) is 7.01. The van der Waals surface area contributed by atoms with E-state index in [1.165, 1.54) is 4.31 Å². The van der Waals surface area contributed by atoms with E-state index in [1.54, 1.807) is 18.3 Å². The van der Waals surface area contributed by atoms with E-state index in [0.717, 1.165) is 6.42 Å². The first kappa shape index (κ1) is 16.2. The fraction of sp³-hybridized carbons (Fsp3) is 0.615. The summed E-state index contributed by atoms with van der Waals surface area (Å²) >= 11 is 0. The van der Waals surface area contributed by atoms with Crippen LogP contribution in [0.4, 0.5) is 5.82 Å². The van der Waals surface area contributed by atoms with Crippen LogP contribution in [0.3, 0.4) is 0 Å². The molecule has 7 nitrogen and oxygen atoms in total. The van der Waals surface area contributed by atoms with Crippen molar-refractivity contribution in [2.24, 2.45) is 0 Å². The van der Waals surface area contributed by atoms with Crippen molar-refractivity contribution >= 4 is 15.8 Å². The van der Waals surface area contributed by atoms with Crippen molar-refractivity contribution in [3.8, 4) is 0 Å². The highest BCUT2D eigenvalue weighted by atomic mass is 32.2. The summed E-state index contributed by atoms with van der Waals surface area (Å²) in [6, 6.07) is 3.15. The first-order valence-corrected chi connectivity index (χ1v) is 8.45. The second kappa shape index (κ2) is 7.17. The zero-order valence-electron chi connectivity index (χ0n) is 12.0. The van der Waals surface area contributed by atoms with E-state index in [-0.39, 0.29) is 31.2 Å². The van der Waals surface area contributed by atoms with Gasteiger partial charge < -0.3 is 15.2 Å². The average molecular weight is 315 g/mol. The van der Waals surface area contributed by atoms with Gasteiger partial charge in [0.1, 0.15) is 10.7 Å². The Morgan fingerprint density at radius 3 is 3.10 bits per heavy atom. The third-order valence-electron chi connectivity index (χ3n) is 3.24. The van der Waals surface area contributed by atoms with Crippen LogP contribution < -0.4 is 5.32 Å². The van der Waals surface area contributed by atoms with Crippen molar-refractivity contribution in [1.29, 1.82) is 0 Å². The largest absolute Gasteiger partial charge is 0.394 e. The smallest absolute Gasteiger partial charge is 0.246 e. The summed E-state index contributed by atoms with van der Waals surface area (Å²) in [5.41, 5.74) is 0. The number of hydrogen-bond acceptors (Lipinski definition) is 6. The Morgan fingerprint density at radius 1 is 1.57 bits per heavy atom. The quantitative estimate of drug-likeness (QED) is 0.784. The molecule has 1 aromatic heterocycles. The predicted octanol–water partition coefficient (Wildman–Crippen LogP) is 0.285. The third-order valence-corrected chi connectivity index (χ3v) is 5.13. The molecule has 0 aliphatic carbocycles. The van der Waals surface area contributed by atoms with Crippen LogP contribution in [0.25, 0.3) is 0 Å².